The van der Waals surface area contributed by atoms with Crippen LogP contribution in [0.25, 0.3) is 5.76 Å². The molecule has 0 aliphatic rings. The van der Waals surface area contributed by atoms with Gasteiger partial charge in [-0.1, -0.05) is 35.5 Å². The van der Waals surface area contributed by atoms with Crippen molar-refractivity contribution in [3.63, 3.8) is 0 Å². The summed E-state index contributed by atoms with van der Waals surface area (Å²) in [5.41, 5.74) is 0.391. The summed E-state index contributed by atoms with van der Waals surface area (Å²) in [5.74, 6) is -0.676. The van der Waals surface area contributed by atoms with Gasteiger partial charge in [0.1, 0.15) is 24.6 Å². The van der Waals surface area contributed by atoms with Gasteiger partial charge in [-0.25, -0.2) is 4.98 Å². The fourth-order valence-electron chi connectivity index (χ4n) is 1.79. The number of carbonyl (C=O) groups excluding carboxylic acids is 1. The van der Waals surface area contributed by atoms with Gasteiger partial charge in [-0.15, -0.1) is 0 Å². The molecule has 8 heteroatoms. The smallest absolute Gasteiger partial charge is 0.226 e. The van der Waals surface area contributed by atoms with E-state index in [0.29, 0.717) is 15.5 Å². The first-order valence-corrected chi connectivity index (χ1v) is 7.64. The molecular formula is C15H10ClN3O3S. The second-order valence-corrected chi connectivity index (χ2v) is 5.90. The van der Waals surface area contributed by atoms with Crippen LogP contribution < -0.4 is 0 Å². The first kappa shape index (κ1) is 15.4. The molecule has 2 N–H and O–H groups in total. The number of hydrogen-bond donors (Lipinski definition) is 2. The zero-order valence-corrected chi connectivity index (χ0v) is 13.1. The summed E-state index contributed by atoms with van der Waals surface area (Å²) >= 11 is 7.45. The lowest BCUT2D eigenvalue weighted by molar-refractivity contribution is 0.103. The summed E-state index contributed by atoms with van der Waals surface area (Å²) in [4.78, 5) is 17.1. The topological polar surface area (TPSA) is 92.0 Å². The number of nitrogens with one attached hydrogen (secondary N) is 1. The minimum absolute atomic E-state index is 0.0420. The van der Waals surface area contributed by atoms with E-state index < -0.39 is 5.78 Å². The van der Waals surface area contributed by atoms with Crippen molar-refractivity contribution in [2.75, 3.05) is 0 Å². The molecule has 0 aliphatic heterocycles. The molecule has 0 bridgehead atoms. The van der Waals surface area contributed by atoms with Crippen LogP contribution in [0.15, 0.2) is 63.4 Å². The van der Waals surface area contributed by atoms with Gasteiger partial charge in [0.25, 0.3) is 0 Å². The molecule has 2 heterocycles. The molecule has 3 aromatic rings. The van der Waals surface area contributed by atoms with E-state index in [2.05, 4.69) is 15.2 Å². The van der Waals surface area contributed by atoms with Crippen LogP contribution >= 0.6 is 23.4 Å². The van der Waals surface area contributed by atoms with E-state index >= 15 is 0 Å². The van der Waals surface area contributed by atoms with Gasteiger partial charge in [-0.05, 0) is 12.1 Å². The number of furan rings is 1. The molecule has 3 rings (SSSR count). The highest BCUT2D eigenvalue weighted by atomic mass is 35.5. The number of ketones is 1. The normalized spacial score (nSPS) is 11.6. The maximum atomic E-state index is 11.9. The number of aliphatic hydroxyl groups excluding tert-OH is 1. The number of aromatic nitrogens is 3. The standard InChI is InChI=1S/C15H10ClN3O3S/c16-10-3-1-2-4-13(10)23-14-7-22-6-9(14)11(20)5-12(21)15-17-8-18-19-15/h1-8,20H,(H,17,18,19). The van der Waals surface area contributed by atoms with Gasteiger partial charge in [0.15, 0.2) is 5.82 Å². The Hall–Kier alpha value is -2.51. The van der Waals surface area contributed by atoms with E-state index in [0.717, 1.165) is 11.0 Å². The first-order chi connectivity index (χ1) is 11.1. The van der Waals surface area contributed by atoms with Crippen molar-refractivity contribution in [2.45, 2.75) is 9.79 Å². The van der Waals surface area contributed by atoms with E-state index in [4.69, 9.17) is 16.0 Å². The Morgan fingerprint density at radius 3 is 2.87 bits per heavy atom. The second-order valence-electron chi connectivity index (χ2n) is 4.41. The van der Waals surface area contributed by atoms with E-state index in [1.165, 1.54) is 30.6 Å². The maximum absolute atomic E-state index is 11.9. The average molecular weight is 348 g/mol. The molecule has 0 radical (unpaired) electrons. The largest absolute Gasteiger partial charge is 0.507 e. The van der Waals surface area contributed by atoms with Crippen molar-refractivity contribution < 1.29 is 14.3 Å². The molecule has 2 aromatic heterocycles. The van der Waals surface area contributed by atoms with Gasteiger partial charge in [0.05, 0.1) is 15.5 Å². The molecule has 0 saturated heterocycles. The van der Waals surface area contributed by atoms with E-state index in [9.17, 15) is 9.90 Å². The van der Waals surface area contributed by atoms with Crippen LogP contribution in [0.1, 0.15) is 16.2 Å². The fraction of sp³-hybridized carbons (Fsp3) is 0. The van der Waals surface area contributed by atoms with E-state index in [1.54, 1.807) is 6.07 Å². The number of carbonyl (C=O) groups is 1. The monoisotopic (exact) mass is 347 g/mol. The highest BCUT2D eigenvalue weighted by Crippen LogP contribution is 2.37. The molecule has 0 atom stereocenters. The summed E-state index contributed by atoms with van der Waals surface area (Å²) in [5, 5.41) is 16.8. The van der Waals surface area contributed by atoms with Crippen LogP contribution in [-0.2, 0) is 0 Å². The molecule has 1 aromatic carbocycles. The van der Waals surface area contributed by atoms with Crippen LogP contribution in [0.2, 0.25) is 5.02 Å². The lowest BCUT2D eigenvalue weighted by atomic mass is 10.2. The Bertz CT molecular complexity index is 858. The minimum atomic E-state index is -0.491. The van der Waals surface area contributed by atoms with Crippen molar-refractivity contribution >= 4 is 34.9 Å². The van der Waals surface area contributed by atoms with Crippen molar-refractivity contribution in [3.8, 4) is 0 Å². The molecule has 23 heavy (non-hydrogen) atoms. The summed E-state index contributed by atoms with van der Waals surface area (Å²) in [6.07, 6.45) is 5.11. The molecule has 0 unspecified atom stereocenters. The van der Waals surface area contributed by atoms with Gasteiger partial charge in [0.2, 0.25) is 5.78 Å². The first-order valence-electron chi connectivity index (χ1n) is 6.44. The van der Waals surface area contributed by atoms with Gasteiger partial charge in [0, 0.05) is 11.0 Å². The zero-order valence-electron chi connectivity index (χ0n) is 11.6. The van der Waals surface area contributed by atoms with Crippen LogP contribution in [0.4, 0.5) is 0 Å². The van der Waals surface area contributed by atoms with Crippen molar-refractivity contribution in [3.05, 3.63) is 65.6 Å². The maximum Gasteiger partial charge on any atom is 0.226 e. The molecule has 0 saturated carbocycles. The molecule has 116 valence electrons. The number of aliphatic hydroxyl groups is 1. The highest BCUT2D eigenvalue weighted by Gasteiger charge is 2.15. The number of benzene rings is 1. The van der Waals surface area contributed by atoms with Gasteiger partial charge in [-0.3, -0.25) is 9.89 Å². The fourth-order valence-corrected chi connectivity index (χ4v) is 2.96. The Kier molecular flexibility index (Phi) is 4.50. The number of allylic oxidation sites excluding steroid dienone is 1. The highest BCUT2D eigenvalue weighted by molar-refractivity contribution is 7.99. The lowest BCUT2D eigenvalue weighted by Gasteiger charge is -2.04. The van der Waals surface area contributed by atoms with Gasteiger partial charge in [-0.2, -0.15) is 5.10 Å². The number of halogens is 1. The van der Waals surface area contributed by atoms with Crippen molar-refractivity contribution in [1.29, 1.82) is 0 Å². The number of nitrogens with zero attached hydrogens (tertiary/aromatic N) is 2. The third-order valence-electron chi connectivity index (χ3n) is 2.88. The summed E-state index contributed by atoms with van der Waals surface area (Å²) in [6, 6.07) is 7.31. The molecule has 0 spiro atoms. The lowest BCUT2D eigenvalue weighted by Crippen LogP contribution is -1.99. The average Bonchev–Trinajstić information content (AvgIpc) is 3.20. The van der Waals surface area contributed by atoms with Crippen LogP contribution in [0, 0.1) is 0 Å². The third-order valence-corrected chi connectivity index (χ3v) is 4.43. The van der Waals surface area contributed by atoms with E-state index in [1.807, 2.05) is 18.2 Å². The molecule has 0 aliphatic carbocycles. The Balaban J connectivity index is 1.86. The molecule has 0 amide bonds. The Labute approximate surface area is 140 Å². The van der Waals surface area contributed by atoms with Crippen LogP contribution in [0.3, 0.4) is 0 Å². The number of rotatable bonds is 5. The summed E-state index contributed by atoms with van der Waals surface area (Å²) in [7, 11) is 0. The number of aromatic amines is 1. The van der Waals surface area contributed by atoms with Crippen LogP contribution in [0.5, 0.6) is 0 Å². The molecule has 6 nitrogen and oxygen atoms in total. The molecule has 0 fully saturated rings. The van der Waals surface area contributed by atoms with Crippen LogP contribution in [-0.4, -0.2) is 26.1 Å². The zero-order chi connectivity index (χ0) is 16.2. The third kappa shape index (κ3) is 3.46. The quantitative estimate of drug-likeness (QED) is 0.412. The van der Waals surface area contributed by atoms with Crippen molar-refractivity contribution in [1.82, 2.24) is 15.2 Å². The summed E-state index contributed by atoms with van der Waals surface area (Å²) < 4.78 is 5.14. The molecular weight excluding hydrogens is 338 g/mol. The Morgan fingerprint density at radius 1 is 1.30 bits per heavy atom. The predicted molar refractivity (Wildman–Crippen MR) is 85.6 cm³/mol. The summed E-state index contributed by atoms with van der Waals surface area (Å²) in [6.45, 7) is 0. The van der Waals surface area contributed by atoms with Gasteiger partial charge < -0.3 is 9.52 Å². The van der Waals surface area contributed by atoms with Crippen molar-refractivity contribution in [2.24, 2.45) is 0 Å². The SMILES string of the molecule is O=C(C=C(O)c1cocc1Sc1ccccc1Cl)c1ncn[nH]1. The Morgan fingerprint density at radius 2 is 2.13 bits per heavy atom. The number of hydrogen-bond acceptors (Lipinski definition) is 6. The second kappa shape index (κ2) is 6.72. The van der Waals surface area contributed by atoms with E-state index in [-0.39, 0.29) is 11.6 Å². The predicted octanol–water partition coefficient (Wildman–Crippen LogP) is 3.98. The number of H-pyrrole nitrogens is 1. The van der Waals surface area contributed by atoms with Gasteiger partial charge >= 0.3 is 0 Å². The minimum Gasteiger partial charge on any atom is -0.507 e.